The number of rotatable bonds is 0. The predicted molar refractivity (Wildman–Crippen MR) is 43.5 cm³/mol. The van der Waals surface area contributed by atoms with Crippen molar-refractivity contribution in [3.8, 4) is 0 Å². The number of benzene rings is 1. The molecule has 0 aromatic heterocycles. The van der Waals surface area contributed by atoms with Crippen molar-refractivity contribution in [3.05, 3.63) is 35.4 Å². The molecule has 3 heteroatoms. The van der Waals surface area contributed by atoms with Crippen LogP contribution in [0.2, 0.25) is 0 Å². The van der Waals surface area contributed by atoms with Crippen molar-refractivity contribution in [2.24, 2.45) is 0 Å². The van der Waals surface area contributed by atoms with Crippen LogP contribution in [0.15, 0.2) is 24.3 Å². The number of halogens is 2. The van der Waals surface area contributed by atoms with Gasteiger partial charge in [-0.15, -0.1) is 0 Å². The maximum atomic E-state index is 2.28. The molecule has 0 spiro atoms. The molecule has 0 aliphatic heterocycles. The summed E-state index contributed by atoms with van der Waals surface area (Å²) >= 11 is 1.52. The third kappa shape index (κ3) is 2.46. The van der Waals surface area contributed by atoms with E-state index in [0.717, 1.165) is 0 Å². The summed E-state index contributed by atoms with van der Waals surface area (Å²) in [4.78, 5) is 0. The van der Waals surface area contributed by atoms with Gasteiger partial charge in [-0.3, -0.25) is 0 Å². The topological polar surface area (TPSA) is 0 Å². The number of hydrogen-bond donors (Lipinski definition) is 0. The molecule has 0 fully saturated rings. The Balaban J connectivity index is 0.000000720. The van der Waals surface area contributed by atoms with Gasteiger partial charge in [0.05, 0.1) is 0 Å². The molecule has 1 aliphatic rings. The molecule has 0 radical (unpaired) electrons. The van der Waals surface area contributed by atoms with Crippen molar-refractivity contribution in [3.63, 3.8) is 0 Å². The Bertz CT molecular complexity index is 321. The van der Waals surface area contributed by atoms with Gasteiger partial charge in [-0.2, -0.15) is 0 Å². The molecule has 1 aromatic rings. The number of fused-ring (bicyclic) bond motifs is 1. The van der Waals surface area contributed by atoms with E-state index >= 15 is 0 Å². The first-order valence-electron chi connectivity index (χ1n) is 3.82. The van der Waals surface area contributed by atoms with Crippen LogP contribution < -0.4 is 28.1 Å². The molecule has 0 N–H and O–H groups in total. The first-order chi connectivity index (χ1) is 5.29. The quantitative estimate of drug-likeness (QED) is 0.457. The fourth-order valence-corrected chi connectivity index (χ4v) is 2.31. The van der Waals surface area contributed by atoms with Gasteiger partial charge in [0, 0.05) is 0 Å². The van der Waals surface area contributed by atoms with E-state index in [4.69, 9.17) is 0 Å². The Morgan fingerprint density at radius 3 is 2.54 bits per heavy atom. The van der Waals surface area contributed by atoms with E-state index in [2.05, 4.69) is 37.3 Å². The Morgan fingerprint density at radius 1 is 1.23 bits per heavy atom. The van der Waals surface area contributed by atoms with Crippen LogP contribution in [-0.2, 0) is 24.7 Å². The van der Waals surface area contributed by atoms with E-state index in [1.165, 1.54) is 39.1 Å². The van der Waals surface area contributed by atoms with Crippen molar-refractivity contribution in [2.75, 3.05) is 0 Å². The van der Waals surface area contributed by atoms with Crippen molar-refractivity contribution >= 4 is 9.35 Å². The van der Waals surface area contributed by atoms with E-state index in [1.807, 2.05) is 0 Å². The van der Waals surface area contributed by atoms with Crippen molar-refractivity contribution in [1.29, 1.82) is 0 Å². The monoisotopic (exact) mass is 289 g/mol. The van der Waals surface area contributed by atoms with Crippen LogP contribution in [0.5, 0.6) is 0 Å². The smallest absolute Gasteiger partial charge is 1.00 e. The molecule has 13 heavy (non-hydrogen) atoms. The van der Waals surface area contributed by atoms with Crippen molar-refractivity contribution < 1.29 is 49.5 Å². The molecule has 0 heterocycles. The van der Waals surface area contributed by atoms with Crippen LogP contribution in [0.25, 0.3) is 6.08 Å². The normalized spacial score (nSPS) is 17.3. The molecule has 1 aromatic carbocycles. The Labute approximate surface area is 106 Å². The molecule has 2 rings (SSSR count). The fourth-order valence-electron chi connectivity index (χ4n) is 1.51. The second-order valence-electron chi connectivity index (χ2n) is 2.96. The minimum Gasteiger partial charge on any atom is -1.00 e. The minimum atomic E-state index is 0. The van der Waals surface area contributed by atoms with Crippen LogP contribution in [0.3, 0.4) is 0 Å². The zero-order valence-electron chi connectivity index (χ0n) is 7.22. The maximum Gasteiger partial charge on any atom is -1.00 e. The molecule has 1 atom stereocenters. The summed E-state index contributed by atoms with van der Waals surface area (Å²) in [6, 6.07) is 6.60. The van der Waals surface area contributed by atoms with Crippen molar-refractivity contribution in [2.45, 2.75) is 12.8 Å². The summed E-state index contributed by atoms with van der Waals surface area (Å²) in [6.07, 6.45) is 4.53. The molecule has 1 unspecified atom stereocenters. The fraction of sp³-hybridized carbons (Fsp3) is 0.200. The molecular formula is C10H9Cl2Zr. The summed E-state index contributed by atoms with van der Waals surface area (Å²) in [5.41, 5.74) is 2.97. The molecule has 0 amide bonds. The van der Waals surface area contributed by atoms with E-state index in [9.17, 15) is 0 Å². The van der Waals surface area contributed by atoms with Gasteiger partial charge in [-0.25, -0.2) is 0 Å². The third-order valence-electron chi connectivity index (χ3n) is 2.18. The van der Waals surface area contributed by atoms with Gasteiger partial charge in [-0.05, 0) is 0 Å². The summed E-state index contributed by atoms with van der Waals surface area (Å²) in [7, 11) is 0. The Kier molecular flexibility index (Phi) is 5.51. The van der Waals surface area contributed by atoms with Gasteiger partial charge in [0.25, 0.3) is 0 Å². The molecule has 0 saturated heterocycles. The van der Waals surface area contributed by atoms with Crippen LogP contribution in [0, 0.1) is 0 Å². The molecule has 0 bridgehead atoms. The van der Waals surface area contributed by atoms with Gasteiger partial charge in [0.2, 0.25) is 0 Å². The SMILES string of the molecule is CC1C=Cc2[c]([Zr+2])cccc21.[Cl-].[Cl-]. The second-order valence-corrected chi connectivity index (χ2v) is 4.28. The van der Waals surface area contributed by atoms with E-state index in [0.29, 0.717) is 5.92 Å². The average molecular weight is 291 g/mol. The maximum absolute atomic E-state index is 2.28. The summed E-state index contributed by atoms with van der Waals surface area (Å²) in [5.74, 6) is 0.630. The zero-order chi connectivity index (χ0) is 7.84. The van der Waals surface area contributed by atoms with Crippen LogP contribution in [0.4, 0.5) is 0 Å². The standard InChI is InChI=1S/C10H9.2ClH.Zr/c1-8-6-7-9-4-2-3-5-10(8)9;;;/h2-3,5-8H,1H3;2*1H;/q;;;+2/p-2. The minimum absolute atomic E-state index is 0. The average Bonchev–Trinajstić information content (AvgIpc) is 2.35. The zero-order valence-corrected chi connectivity index (χ0v) is 11.2. The van der Waals surface area contributed by atoms with E-state index < -0.39 is 0 Å². The number of allylic oxidation sites excluding steroid dienone is 1. The molecule has 67 valence electrons. The van der Waals surface area contributed by atoms with Gasteiger partial charge >= 0.3 is 82.3 Å². The summed E-state index contributed by atoms with van der Waals surface area (Å²) in [5, 5.41) is 0. The van der Waals surface area contributed by atoms with Crippen LogP contribution in [-0.4, -0.2) is 0 Å². The molecular weight excluding hydrogens is 282 g/mol. The van der Waals surface area contributed by atoms with E-state index in [-0.39, 0.29) is 24.8 Å². The van der Waals surface area contributed by atoms with Gasteiger partial charge in [0.1, 0.15) is 0 Å². The van der Waals surface area contributed by atoms with Gasteiger partial charge < -0.3 is 24.8 Å². The predicted octanol–water partition coefficient (Wildman–Crippen LogP) is -4.00. The van der Waals surface area contributed by atoms with E-state index in [1.54, 1.807) is 0 Å². The van der Waals surface area contributed by atoms with Crippen molar-refractivity contribution in [1.82, 2.24) is 0 Å². The molecule has 0 nitrogen and oxygen atoms in total. The first-order valence-corrected chi connectivity index (χ1v) is 5.04. The van der Waals surface area contributed by atoms with Crippen LogP contribution in [0.1, 0.15) is 24.0 Å². The Morgan fingerprint density at radius 2 is 1.92 bits per heavy atom. The summed E-state index contributed by atoms with van der Waals surface area (Å²) in [6.45, 7) is 2.25. The first kappa shape index (κ1) is 13.4. The Hall–Kier alpha value is 0.423. The second kappa shape index (κ2) is 5.34. The molecule has 1 aliphatic carbocycles. The summed E-state index contributed by atoms with van der Waals surface area (Å²) < 4.78 is 1.48. The van der Waals surface area contributed by atoms with Crippen LogP contribution >= 0.6 is 0 Å². The van der Waals surface area contributed by atoms with Gasteiger partial charge in [-0.1, -0.05) is 0 Å². The van der Waals surface area contributed by atoms with Gasteiger partial charge in [0.15, 0.2) is 0 Å². The number of hydrogen-bond acceptors (Lipinski definition) is 0. The third-order valence-corrected chi connectivity index (χ3v) is 3.25. The molecule has 0 saturated carbocycles. The largest absolute Gasteiger partial charge is 1.00 e.